The van der Waals surface area contributed by atoms with E-state index in [-0.39, 0.29) is 0 Å². The van der Waals surface area contributed by atoms with Crippen molar-refractivity contribution in [2.24, 2.45) is 5.73 Å². The number of rotatable bonds is 7. The highest BCUT2D eigenvalue weighted by molar-refractivity contribution is 5.88. The number of hydrogen-bond acceptors (Lipinski definition) is 3. The van der Waals surface area contributed by atoms with Gasteiger partial charge in [0.15, 0.2) is 6.10 Å². The fraction of sp³-hybridized carbons (Fsp3) is 0.222. The minimum absolute atomic E-state index is 0.382. The third-order valence-electron chi connectivity index (χ3n) is 3.59. The molecule has 23 heavy (non-hydrogen) atoms. The van der Waals surface area contributed by atoms with E-state index < -0.39 is 24.0 Å². The highest BCUT2D eigenvalue weighted by Crippen LogP contribution is 2.13. The number of nitrogens with one attached hydrogen (secondary N) is 1. The van der Waals surface area contributed by atoms with E-state index in [9.17, 15) is 14.7 Å². The molecule has 0 aliphatic heterocycles. The van der Waals surface area contributed by atoms with Crippen molar-refractivity contribution in [1.82, 2.24) is 5.32 Å². The third-order valence-corrected chi connectivity index (χ3v) is 3.59. The summed E-state index contributed by atoms with van der Waals surface area (Å²) in [5, 5.41) is 12.6. The first-order chi connectivity index (χ1) is 11.1. The molecule has 120 valence electrons. The number of primary amides is 1. The van der Waals surface area contributed by atoms with Crippen LogP contribution >= 0.6 is 0 Å². The lowest BCUT2D eigenvalue weighted by molar-refractivity contribution is -0.133. The molecule has 5 nitrogen and oxygen atoms in total. The summed E-state index contributed by atoms with van der Waals surface area (Å²) in [6, 6.07) is 17.3. The molecule has 0 bridgehead atoms. The van der Waals surface area contributed by atoms with Gasteiger partial charge in [-0.25, -0.2) is 0 Å². The molecule has 4 N–H and O–H groups in total. The van der Waals surface area contributed by atoms with Gasteiger partial charge in [0.05, 0.1) is 0 Å². The first-order valence-electron chi connectivity index (χ1n) is 7.44. The van der Waals surface area contributed by atoms with Gasteiger partial charge in [-0.2, -0.15) is 0 Å². The van der Waals surface area contributed by atoms with Crippen LogP contribution in [0.5, 0.6) is 0 Å². The first-order valence-corrected chi connectivity index (χ1v) is 7.44. The van der Waals surface area contributed by atoms with Crippen molar-refractivity contribution in [2.75, 3.05) is 0 Å². The average molecular weight is 312 g/mol. The molecule has 0 aliphatic carbocycles. The Labute approximate surface area is 135 Å². The van der Waals surface area contributed by atoms with E-state index in [4.69, 9.17) is 5.73 Å². The van der Waals surface area contributed by atoms with E-state index in [2.05, 4.69) is 5.32 Å². The molecular formula is C18H20N2O3. The number of aliphatic hydroxyl groups excluding tert-OH is 1. The Kier molecular flexibility index (Phi) is 5.88. The zero-order valence-corrected chi connectivity index (χ0v) is 12.7. The molecular weight excluding hydrogens is 292 g/mol. The lowest BCUT2D eigenvalue weighted by atomic mass is 10.0. The third kappa shape index (κ3) is 4.93. The highest BCUT2D eigenvalue weighted by Gasteiger charge is 2.23. The van der Waals surface area contributed by atoms with Crippen LogP contribution in [-0.4, -0.2) is 23.0 Å². The number of carbonyl (C=O) groups is 2. The minimum Gasteiger partial charge on any atom is -0.378 e. The molecule has 2 aromatic rings. The fourth-order valence-electron chi connectivity index (χ4n) is 2.28. The summed E-state index contributed by atoms with van der Waals surface area (Å²) < 4.78 is 0. The van der Waals surface area contributed by atoms with Gasteiger partial charge in [-0.05, 0) is 24.0 Å². The number of carbonyl (C=O) groups excluding carboxylic acids is 2. The Hall–Kier alpha value is -2.66. The molecule has 0 aromatic heterocycles. The molecule has 0 aliphatic rings. The topological polar surface area (TPSA) is 92.4 Å². The molecule has 0 unspecified atom stereocenters. The Morgan fingerprint density at radius 3 is 2.13 bits per heavy atom. The van der Waals surface area contributed by atoms with Gasteiger partial charge in [-0.15, -0.1) is 0 Å². The second kappa shape index (κ2) is 8.10. The number of hydrogen-bond donors (Lipinski definition) is 3. The highest BCUT2D eigenvalue weighted by atomic mass is 16.3. The van der Waals surface area contributed by atoms with E-state index >= 15 is 0 Å². The van der Waals surface area contributed by atoms with Gasteiger partial charge in [0.1, 0.15) is 6.04 Å². The summed E-state index contributed by atoms with van der Waals surface area (Å²) in [7, 11) is 0. The summed E-state index contributed by atoms with van der Waals surface area (Å²) in [6.45, 7) is 0. The lowest BCUT2D eigenvalue weighted by Crippen LogP contribution is -2.46. The predicted octanol–water partition coefficient (Wildman–Crippen LogP) is 1.32. The van der Waals surface area contributed by atoms with Crippen LogP contribution in [-0.2, 0) is 16.0 Å². The lowest BCUT2D eigenvalue weighted by Gasteiger charge is -2.18. The number of aryl methyl sites for hydroxylation is 1. The van der Waals surface area contributed by atoms with E-state index in [0.29, 0.717) is 18.4 Å². The summed E-state index contributed by atoms with van der Waals surface area (Å²) in [4.78, 5) is 23.6. The quantitative estimate of drug-likeness (QED) is 0.720. The predicted molar refractivity (Wildman–Crippen MR) is 87.3 cm³/mol. The maximum Gasteiger partial charge on any atom is 0.254 e. The molecule has 2 rings (SSSR count). The van der Waals surface area contributed by atoms with Crippen LogP contribution in [0.15, 0.2) is 60.7 Å². The molecule has 0 saturated heterocycles. The first kappa shape index (κ1) is 16.7. The molecule has 0 fully saturated rings. The van der Waals surface area contributed by atoms with E-state index in [0.717, 1.165) is 5.56 Å². The summed E-state index contributed by atoms with van der Waals surface area (Å²) in [6.07, 6.45) is -0.335. The van der Waals surface area contributed by atoms with E-state index in [1.54, 1.807) is 30.3 Å². The summed E-state index contributed by atoms with van der Waals surface area (Å²) in [5.74, 6) is -1.25. The smallest absolute Gasteiger partial charge is 0.254 e. The minimum atomic E-state index is -1.32. The van der Waals surface area contributed by atoms with Gasteiger partial charge in [-0.1, -0.05) is 60.7 Å². The Bertz CT molecular complexity index is 644. The van der Waals surface area contributed by atoms with Crippen LogP contribution in [0.25, 0.3) is 0 Å². The molecule has 0 saturated carbocycles. The molecule has 0 heterocycles. The average Bonchev–Trinajstić information content (AvgIpc) is 2.59. The second-order valence-corrected chi connectivity index (χ2v) is 5.30. The van der Waals surface area contributed by atoms with Crippen molar-refractivity contribution in [3.8, 4) is 0 Å². The van der Waals surface area contributed by atoms with Gasteiger partial charge in [0.2, 0.25) is 5.91 Å². The standard InChI is InChI=1S/C18H20N2O3/c19-17(22)15(12-11-13-7-3-1-4-8-13)20-18(23)16(21)14-9-5-2-6-10-14/h1-10,15-16,21H,11-12H2,(H2,19,22)(H,20,23)/t15-,16-/m0/s1. The van der Waals surface area contributed by atoms with Gasteiger partial charge in [-0.3, -0.25) is 9.59 Å². The number of amides is 2. The molecule has 2 amide bonds. The van der Waals surface area contributed by atoms with Crippen LogP contribution < -0.4 is 11.1 Å². The number of nitrogens with two attached hydrogens (primary N) is 1. The van der Waals surface area contributed by atoms with Crippen LogP contribution in [0.1, 0.15) is 23.7 Å². The van der Waals surface area contributed by atoms with Gasteiger partial charge >= 0.3 is 0 Å². The van der Waals surface area contributed by atoms with Crippen LogP contribution in [0.2, 0.25) is 0 Å². The summed E-state index contributed by atoms with van der Waals surface area (Å²) in [5.41, 5.74) is 6.87. The largest absolute Gasteiger partial charge is 0.378 e. The van der Waals surface area contributed by atoms with Crippen molar-refractivity contribution in [1.29, 1.82) is 0 Å². The maximum atomic E-state index is 12.1. The van der Waals surface area contributed by atoms with E-state index in [1.165, 1.54) is 0 Å². The second-order valence-electron chi connectivity index (χ2n) is 5.30. The Balaban J connectivity index is 1.96. The molecule has 0 radical (unpaired) electrons. The van der Waals surface area contributed by atoms with Crippen LogP contribution in [0, 0.1) is 0 Å². The van der Waals surface area contributed by atoms with Crippen molar-refractivity contribution in [3.63, 3.8) is 0 Å². The molecule has 2 aromatic carbocycles. The Morgan fingerprint density at radius 2 is 1.57 bits per heavy atom. The van der Waals surface area contributed by atoms with Crippen LogP contribution in [0.3, 0.4) is 0 Å². The van der Waals surface area contributed by atoms with Crippen molar-refractivity contribution in [3.05, 3.63) is 71.8 Å². The monoisotopic (exact) mass is 312 g/mol. The molecule has 5 heteroatoms. The zero-order valence-electron chi connectivity index (χ0n) is 12.7. The van der Waals surface area contributed by atoms with Crippen LogP contribution in [0.4, 0.5) is 0 Å². The normalized spacial score (nSPS) is 13.1. The Morgan fingerprint density at radius 1 is 1.00 bits per heavy atom. The van der Waals surface area contributed by atoms with Gasteiger partial charge in [0, 0.05) is 0 Å². The van der Waals surface area contributed by atoms with Gasteiger partial charge in [0.25, 0.3) is 5.91 Å². The van der Waals surface area contributed by atoms with E-state index in [1.807, 2.05) is 30.3 Å². The fourth-order valence-corrected chi connectivity index (χ4v) is 2.28. The summed E-state index contributed by atoms with van der Waals surface area (Å²) >= 11 is 0. The number of aliphatic hydroxyl groups is 1. The SMILES string of the molecule is NC(=O)[C@H](CCc1ccccc1)NC(=O)[C@@H](O)c1ccccc1. The molecule has 0 spiro atoms. The zero-order chi connectivity index (χ0) is 16.7. The van der Waals surface area contributed by atoms with Crippen molar-refractivity contribution < 1.29 is 14.7 Å². The maximum absolute atomic E-state index is 12.1. The molecule has 2 atom stereocenters. The van der Waals surface area contributed by atoms with Crippen molar-refractivity contribution >= 4 is 11.8 Å². The van der Waals surface area contributed by atoms with Gasteiger partial charge < -0.3 is 16.2 Å². The number of benzene rings is 2. The van der Waals surface area contributed by atoms with Crippen molar-refractivity contribution in [2.45, 2.75) is 25.0 Å².